The Morgan fingerprint density at radius 2 is 1.91 bits per heavy atom. The smallest absolute Gasteiger partial charge is 0.339 e. The molecule has 0 saturated heterocycles. The van der Waals surface area contributed by atoms with Crippen LogP contribution in [-0.2, 0) is 11.2 Å². The molecule has 2 atom stereocenters. The standard InChI is InChI=1S/C19H16O3/c1-10-6-7-13-14(8-10)18(22-19(13)21)15-9-12-5-3-4-11(2)16(12)17(15)20/h3-8,15,18H,9H2,1-2H3/t15-,18+/m1/s1. The predicted molar refractivity (Wildman–Crippen MR) is 82.0 cm³/mol. The van der Waals surface area contributed by atoms with Crippen molar-refractivity contribution < 1.29 is 14.3 Å². The van der Waals surface area contributed by atoms with Gasteiger partial charge in [-0.2, -0.15) is 0 Å². The van der Waals surface area contributed by atoms with Gasteiger partial charge in [0.1, 0.15) is 6.10 Å². The van der Waals surface area contributed by atoms with Crippen LogP contribution in [0.4, 0.5) is 0 Å². The first-order valence-electron chi connectivity index (χ1n) is 7.50. The summed E-state index contributed by atoms with van der Waals surface area (Å²) in [5.41, 5.74) is 5.39. The highest BCUT2D eigenvalue weighted by molar-refractivity contribution is 6.05. The van der Waals surface area contributed by atoms with Gasteiger partial charge in [0.05, 0.1) is 11.5 Å². The number of Topliss-reactive ketones (excluding diaryl/α,β-unsaturated/α-hetero) is 1. The van der Waals surface area contributed by atoms with Crippen LogP contribution in [0.2, 0.25) is 0 Å². The van der Waals surface area contributed by atoms with Crippen LogP contribution in [-0.4, -0.2) is 11.8 Å². The van der Waals surface area contributed by atoms with Crippen molar-refractivity contribution >= 4 is 11.8 Å². The largest absolute Gasteiger partial charge is 0.453 e. The van der Waals surface area contributed by atoms with Gasteiger partial charge in [0, 0.05) is 11.1 Å². The zero-order valence-corrected chi connectivity index (χ0v) is 12.6. The molecule has 0 bridgehead atoms. The van der Waals surface area contributed by atoms with Crippen LogP contribution in [0.1, 0.15) is 49.1 Å². The summed E-state index contributed by atoms with van der Waals surface area (Å²) >= 11 is 0. The monoisotopic (exact) mass is 292 g/mol. The van der Waals surface area contributed by atoms with E-state index in [-0.39, 0.29) is 17.7 Å². The normalized spacial score (nSPS) is 22.5. The van der Waals surface area contributed by atoms with Gasteiger partial charge in [-0.1, -0.05) is 35.9 Å². The molecule has 110 valence electrons. The number of fused-ring (bicyclic) bond motifs is 2. The minimum Gasteiger partial charge on any atom is -0.453 e. The molecule has 0 aromatic heterocycles. The second kappa shape index (κ2) is 4.54. The number of esters is 1. The van der Waals surface area contributed by atoms with E-state index >= 15 is 0 Å². The van der Waals surface area contributed by atoms with Gasteiger partial charge >= 0.3 is 5.97 Å². The number of hydrogen-bond acceptors (Lipinski definition) is 3. The van der Waals surface area contributed by atoms with Gasteiger partial charge in [-0.05, 0) is 37.5 Å². The van der Waals surface area contributed by atoms with Crippen LogP contribution < -0.4 is 0 Å². The zero-order valence-electron chi connectivity index (χ0n) is 12.6. The van der Waals surface area contributed by atoms with Crippen molar-refractivity contribution in [2.45, 2.75) is 26.4 Å². The average Bonchev–Trinajstić information content (AvgIpc) is 2.98. The molecule has 4 rings (SSSR count). The third-order valence-corrected chi connectivity index (χ3v) is 4.72. The number of carbonyl (C=O) groups is 2. The van der Waals surface area contributed by atoms with E-state index in [9.17, 15) is 9.59 Å². The van der Waals surface area contributed by atoms with Crippen molar-refractivity contribution in [3.63, 3.8) is 0 Å². The maximum atomic E-state index is 12.8. The highest BCUT2D eigenvalue weighted by atomic mass is 16.5. The molecule has 1 heterocycles. The lowest BCUT2D eigenvalue weighted by atomic mass is 9.90. The van der Waals surface area contributed by atoms with Crippen LogP contribution in [0, 0.1) is 19.8 Å². The summed E-state index contributed by atoms with van der Waals surface area (Å²) in [4.78, 5) is 24.9. The first-order valence-corrected chi connectivity index (χ1v) is 7.50. The number of cyclic esters (lactones) is 1. The Morgan fingerprint density at radius 1 is 1.09 bits per heavy atom. The lowest BCUT2D eigenvalue weighted by molar-refractivity contribution is 0.0252. The maximum absolute atomic E-state index is 12.8. The first kappa shape index (κ1) is 13.3. The zero-order chi connectivity index (χ0) is 15.4. The Labute approximate surface area is 128 Å². The Hall–Kier alpha value is -2.42. The highest BCUT2D eigenvalue weighted by Gasteiger charge is 2.44. The third-order valence-electron chi connectivity index (χ3n) is 4.72. The summed E-state index contributed by atoms with van der Waals surface area (Å²) in [6, 6.07) is 11.6. The van der Waals surface area contributed by atoms with Gasteiger partial charge in [0.25, 0.3) is 0 Å². The minimum atomic E-state index is -0.457. The number of ketones is 1. The first-order chi connectivity index (χ1) is 10.6. The number of hydrogen-bond donors (Lipinski definition) is 0. The minimum absolute atomic E-state index is 0.0975. The van der Waals surface area contributed by atoms with E-state index in [1.54, 1.807) is 6.07 Å². The van der Waals surface area contributed by atoms with E-state index in [0.29, 0.717) is 12.0 Å². The molecular weight excluding hydrogens is 276 g/mol. The molecule has 0 spiro atoms. The topological polar surface area (TPSA) is 43.4 Å². The Morgan fingerprint density at radius 3 is 2.68 bits per heavy atom. The molecule has 0 N–H and O–H groups in total. The van der Waals surface area contributed by atoms with Crippen molar-refractivity contribution in [3.8, 4) is 0 Å². The SMILES string of the molecule is Cc1ccc2c(c1)[C@@H]([C@@H]1Cc3cccc(C)c3C1=O)OC2=O. The quantitative estimate of drug-likeness (QED) is 0.755. The van der Waals surface area contributed by atoms with Crippen molar-refractivity contribution in [2.24, 2.45) is 5.92 Å². The fourth-order valence-electron chi connectivity index (χ4n) is 3.66. The molecule has 0 saturated carbocycles. The van der Waals surface area contributed by atoms with Crippen LogP contribution in [0.25, 0.3) is 0 Å². The Balaban J connectivity index is 1.78. The van der Waals surface area contributed by atoms with Gasteiger partial charge < -0.3 is 4.74 Å². The van der Waals surface area contributed by atoms with Crippen molar-refractivity contribution in [1.82, 2.24) is 0 Å². The molecule has 0 fully saturated rings. The molecule has 1 aliphatic heterocycles. The van der Waals surface area contributed by atoms with Crippen LogP contribution in [0.5, 0.6) is 0 Å². The second-order valence-electron chi connectivity index (χ2n) is 6.20. The predicted octanol–water partition coefficient (Wildman–Crippen LogP) is 3.57. The third kappa shape index (κ3) is 1.75. The van der Waals surface area contributed by atoms with E-state index in [4.69, 9.17) is 4.74 Å². The molecule has 2 aromatic rings. The number of aryl methyl sites for hydroxylation is 2. The molecule has 3 heteroatoms. The molecule has 3 nitrogen and oxygen atoms in total. The van der Waals surface area contributed by atoms with Gasteiger partial charge in [-0.25, -0.2) is 4.79 Å². The van der Waals surface area contributed by atoms with E-state index in [0.717, 1.165) is 27.8 Å². The van der Waals surface area contributed by atoms with Crippen LogP contribution >= 0.6 is 0 Å². The average molecular weight is 292 g/mol. The summed E-state index contributed by atoms with van der Waals surface area (Å²) in [5, 5.41) is 0. The second-order valence-corrected chi connectivity index (χ2v) is 6.20. The van der Waals surface area contributed by atoms with Gasteiger partial charge in [-0.15, -0.1) is 0 Å². The fraction of sp³-hybridized carbons (Fsp3) is 0.263. The van der Waals surface area contributed by atoms with Crippen LogP contribution in [0.3, 0.4) is 0 Å². The summed E-state index contributed by atoms with van der Waals surface area (Å²) in [6.45, 7) is 3.94. The summed E-state index contributed by atoms with van der Waals surface area (Å²) in [5.74, 6) is -0.524. The number of rotatable bonds is 1. The molecule has 0 amide bonds. The Bertz CT molecular complexity index is 819. The molecule has 0 unspecified atom stereocenters. The highest BCUT2D eigenvalue weighted by Crippen LogP contribution is 2.43. The Kier molecular flexibility index (Phi) is 2.73. The summed E-state index contributed by atoms with van der Waals surface area (Å²) in [7, 11) is 0. The van der Waals surface area contributed by atoms with Gasteiger partial charge in [0.2, 0.25) is 0 Å². The number of carbonyl (C=O) groups excluding carboxylic acids is 2. The van der Waals surface area contributed by atoms with E-state index in [1.807, 2.05) is 44.2 Å². The van der Waals surface area contributed by atoms with E-state index in [2.05, 4.69) is 0 Å². The van der Waals surface area contributed by atoms with Gasteiger partial charge in [0.15, 0.2) is 5.78 Å². The van der Waals surface area contributed by atoms with Crippen LogP contribution in [0.15, 0.2) is 36.4 Å². The molecule has 1 aliphatic carbocycles. The fourth-order valence-corrected chi connectivity index (χ4v) is 3.66. The molecule has 2 aliphatic rings. The van der Waals surface area contributed by atoms with Crippen molar-refractivity contribution in [1.29, 1.82) is 0 Å². The maximum Gasteiger partial charge on any atom is 0.339 e. The molecular formula is C19H16O3. The van der Waals surface area contributed by atoms with E-state index < -0.39 is 6.10 Å². The molecule has 2 aromatic carbocycles. The molecule has 22 heavy (non-hydrogen) atoms. The lowest BCUT2D eigenvalue weighted by Crippen LogP contribution is -2.19. The summed E-state index contributed by atoms with van der Waals surface area (Å²) < 4.78 is 5.55. The van der Waals surface area contributed by atoms with Crippen molar-refractivity contribution in [2.75, 3.05) is 0 Å². The van der Waals surface area contributed by atoms with Gasteiger partial charge in [-0.3, -0.25) is 4.79 Å². The van der Waals surface area contributed by atoms with Crippen molar-refractivity contribution in [3.05, 3.63) is 69.8 Å². The lowest BCUT2D eigenvalue weighted by Gasteiger charge is -2.17. The number of benzene rings is 2. The summed E-state index contributed by atoms with van der Waals surface area (Å²) in [6.07, 6.45) is 0.183. The van der Waals surface area contributed by atoms with E-state index in [1.165, 1.54) is 0 Å². The molecule has 0 radical (unpaired) electrons. The number of ether oxygens (including phenoxy) is 1.